The number of rotatable bonds is 1. The summed E-state index contributed by atoms with van der Waals surface area (Å²) in [5.41, 5.74) is 10.2. The lowest BCUT2D eigenvalue weighted by Gasteiger charge is -2.21. The Morgan fingerprint density at radius 2 is 2.26 bits per heavy atom. The van der Waals surface area contributed by atoms with Crippen LogP contribution in [0.4, 0.5) is 10.8 Å². The molecule has 2 aromatic rings. The van der Waals surface area contributed by atoms with E-state index >= 15 is 0 Å². The highest BCUT2D eigenvalue weighted by molar-refractivity contribution is 7.13. The minimum Gasteiger partial charge on any atom is -0.375 e. The molecule has 0 bridgehead atoms. The fourth-order valence-corrected chi connectivity index (χ4v) is 3.09. The number of amides is 1. The van der Waals surface area contributed by atoms with E-state index in [0.717, 1.165) is 34.5 Å². The minimum atomic E-state index is 0.0392. The molecule has 1 aliphatic rings. The third-order valence-corrected chi connectivity index (χ3v) is 4.43. The van der Waals surface area contributed by atoms with Gasteiger partial charge >= 0.3 is 0 Å². The molecule has 19 heavy (non-hydrogen) atoms. The molecule has 0 saturated heterocycles. The van der Waals surface area contributed by atoms with E-state index < -0.39 is 0 Å². The summed E-state index contributed by atoms with van der Waals surface area (Å²) in [4.78, 5) is 15.7. The fourth-order valence-electron chi connectivity index (χ4n) is 2.28. The Kier molecular flexibility index (Phi) is 2.95. The van der Waals surface area contributed by atoms with Crippen molar-refractivity contribution in [2.24, 2.45) is 0 Å². The van der Waals surface area contributed by atoms with Gasteiger partial charge in [-0.05, 0) is 30.5 Å². The molecular weight excluding hydrogens is 282 g/mol. The number of nitrogens with zero attached hydrogens (tertiary/aromatic N) is 1. The van der Waals surface area contributed by atoms with E-state index in [-0.39, 0.29) is 5.91 Å². The zero-order valence-corrected chi connectivity index (χ0v) is 11.9. The summed E-state index contributed by atoms with van der Waals surface area (Å²) in [6.45, 7) is 1.91. The van der Waals surface area contributed by atoms with E-state index in [2.05, 4.69) is 10.3 Å². The highest BCUT2D eigenvalue weighted by Gasteiger charge is 2.21. The lowest BCUT2D eigenvalue weighted by atomic mass is 9.95. The maximum Gasteiger partial charge on any atom is 0.224 e. The van der Waals surface area contributed by atoms with Gasteiger partial charge in [0.05, 0.1) is 10.7 Å². The third-order valence-electron chi connectivity index (χ3n) is 3.26. The molecule has 0 saturated carbocycles. The third kappa shape index (κ3) is 2.09. The number of nitrogens with one attached hydrogen (secondary N) is 1. The van der Waals surface area contributed by atoms with Crippen molar-refractivity contribution in [3.05, 3.63) is 27.6 Å². The largest absolute Gasteiger partial charge is 0.375 e. The highest BCUT2D eigenvalue weighted by atomic mass is 35.5. The number of anilines is 2. The number of nitrogens with two attached hydrogens (primary N) is 1. The standard InChI is InChI=1S/C13H12ClN3OS/c1-6-11(14)8(9-5-19-13(15)16-9)4-7-2-3-10(18)17-12(6)7/h4-5H,2-3H2,1H3,(H2,15,16)(H,17,18). The van der Waals surface area contributed by atoms with Crippen LogP contribution in [-0.2, 0) is 11.2 Å². The number of halogens is 1. The summed E-state index contributed by atoms with van der Waals surface area (Å²) in [6.07, 6.45) is 1.23. The summed E-state index contributed by atoms with van der Waals surface area (Å²) < 4.78 is 0. The normalized spacial score (nSPS) is 14.1. The van der Waals surface area contributed by atoms with Gasteiger partial charge in [-0.15, -0.1) is 11.3 Å². The highest BCUT2D eigenvalue weighted by Crippen LogP contribution is 2.39. The average molecular weight is 294 g/mol. The molecule has 0 unspecified atom stereocenters. The van der Waals surface area contributed by atoms with Crippen molar-refractivity contribution in [1.29, 1.82) is 0 Å². The number of carbonyl (C=O) groups is 1. The first-order valence-corrected chi connectivity index (χ1v) is 7.15. The second-order valence-electron chi connectivity index (χ2n) is 4.52. The molecule has 0 aliphatic carbocycles. The number of nitrogen functional groups attached to an aromatic ring is 1. The van der Waals surface area contributed by atoms with Gasteiger partial charge in [0.15, 0.2) is 5.13 Å². The van der Waals surface area contributed by atoms with Crippen LogP contribution in [0.3, 0.4) is 0 Å². The quantitative estimate of drug-likeness (QED) is 0.848. The van der Waals surface area contributed by atoms with Gasteiger partial charge in [-0.2, -0.15) is 0 Å². The Morgan fingerprint density at radius 3 is 2.95 bits per heavy atom. The predicted molar refractivity (Wildman–Crippen MR) is 78.7 cm³/mol. The van der Waals surface area contributed by atoms with Crippen LogP contribution in [0.2, 0.25) is 5.02 Å². The van der Waals surface area contributed by atoms with Gasteiger partial charge in [0.1, 0.15) is 0 Å². The molecule has 4 nitrogen and oxygen atoms in total. The topological polar surface area (TPSA) is 68.0 Å². The number of thiazole rings is 1. The molecule has 3 rings (SSSR count). The Bertz CT molecular complexity index is 681. The van der Waals surface area contributed by atoms with Crippen LogP contribution in [0.1, 0.15) is 17.5 Å². The molecule has 0 fully saturated rings. The lowest BCUT2D eigenvalue weighted by Crippen LogP contribution is -2.20. The zero-order valence-electron chi connectivity index (χ0n) is 10.3. The number of aryl methyl sites for hydroxylation is 1. The average Bonchev–Trinajstić information content (AvgIpc) is 2.81. The first kappa shape index (κ1) is 12.4. The molecule has 2 heterocycles. The maximum atomic E-state index is 11.5. The Hall–Kier alpha value is -1.59. The van der Waals surface area contributed by atoms with Gasteiger partial charge in [0.25, 0.3) is 0 Å². The van der Waals surface area contributed by atoms with Gasteiger partial charge in [-0.3, -0.25) is 4.79 Å². The molecule has 1 amide bonds. The molecule has 1 aliphatic heterocycles. The van der Waals surface area contributed by atoms with Gasteiger partial charge in [-0.1, -0.05) is 11.6 Å². The molecule has 6 heteroatoms. The lowest BCUT2D eigenvalue weighted by molar-refractivity contribution is -0.116. The van der Waals surface area contributed by atoms with E-state index in [0.29, 0.717) is 16.6 Å². The number of hydrogen-bond acceptors (Lipinski definition) is 4. The van der Waals surface area contributed by atoms with E-state index in [1.807, 2.05) is 18.4 Å². The summed E-state index contributed by atoms with van der Waals surface area (Å²) >= 11 is 7.78. The SMILES string of the molecule is Cc1c(Cl)c(-c2csc(N)n2)cc2c1NC(=O)CC2. The Labute approximate surface area is 119 Å². The van der Waals surface area contributed by atoms with Crippen molar-refractivity contribution < 1.29 is 4.79 Å². The molecule has 1 aromatic heterocycles. The van der Waals surface area contributed by atoms with Gasteiger partial charge in [-0.25, -0.2) is 4.98 Å². The van der Waals surface area contributed by atoms with Crippen LogP contribution in [-0.4, -0.2) is 10.9 Å². The van der Waals surface area contributed by atoms with E-state index in [4.69, 9.17) is 17.3 Å². The van der Waals surface area contributed by atoms with Crippen LogP contribution in [0, 0.1) is 6.92 Å². The van der Waals surface area contributed by atoms with E-state index in [1.54, 1.807) is 0 Å². The van der Waals surface area contributed by atoms with Crippen LogP contribution >= 0.6 is 22.9 Å². The second-order valence-corrected chi connectivity index (χ2v) is 5.78. The van der Waals surface area contributed by atoms with Crippen LogP contribution in [0.15, 0.2) is 11.4 Å². The van der Waals surface area contributed by atoms with Crippen molar-refractivity contribution in [2.75, 3.05) is 11.1 Å². The van der Waals surface area contributed by atoms with Crippen molar-refractivity contribution in [3.8, 4) is 11.3 Å². The van der Waals surface area contributed by atoms with Gasteiger partial charge in [0, 0.05) is 23.1 Å². The zero-order chi connectivity index (χ0) is 13.6. The van der Waals surface area contributed by atoms with Crippen LogP contribution in [0.25, 0.3) is 11.3 Å². The maximum absolute atomic E-state index is 11.5. The summed E-state index contributed by atoms with van der Waals surface area (Å²) in [7, 11) is 0. The molecule has 0 radical (unpaired) electrons. The first-order valence-electron chi connectivity index (χ1n) is 5.89. The summed E-state index contributed by atoms with van der Waals surface area (Å²) in [5.74, 6) is 0.0392. The van der Waals surface area contributed by atoms with Crippen LogP contribution < -0.4 is 11.1 Å². The molecule has 98 valence electrons. The molecular formula is C13H12ClN3OS. The van der Waals surface area contributed by atoms with Crippen molar-refractivity contribution in [2.45, 2.75) is 19.8 Å². The van der Waals surface area contributed by atoms with E-state index in [1.165, 1.54) is 11.3 Å². The Balaban J connectivity index is 2.18. The molecule has 0 atom stereocenters. The molecule has 1 aromatic carbocycles. The fraction of sp³-hybridized carbons (Fsp3) is 0.231. The van der Waals surface area contributed by atoms with Crippen molar-refractivity contribution in [3.63, 3.8) is 0 Å². The summed E-state index contributed by atoms with van der Waals surface area (Å²) in [6, 6.07) is 2.00. The minimum absolute atomic E-state index is 0.0392. The molecule has 3 N–H and O–H groups in total. The first-order chi connectivity index (χ1) is 9.06. The predicted octanol–water partition coefficient (Wildman–Crippen LogP) is 3.24. The number of hydrogen-bond donors (Lipinski definition) is 2. The van der Waals surface area contributed by atoms with Gasteiger partial charge in [0.2, 0.25) is 5.91 Å². The number of aromatic nitrogens is 1. The monoisotopic (exact) mass is 293 g/mol. The smallest absolute Gasteiger partial charge is 0.224 e. The number of carbonyl (C=O) groups excluding carboxylic acids is 1. The number of benzene rings is 1. The van der Waals surface area contributed by atoms with Crippen LogP contribution in [0.5, 0.6) is 0 Å². The Morgan fingerprint density at radius 1 is 1.47 bits per heavy atom. The van der Waals surface area contributed by atoms with Crippen molar-refractivity contribution in [1.82, 2.24) is 4.98 Å². The van der Waals surface area contributed by atoms with Gasteiger partial charge < -0.3 is 11.1 Å². The summed E-state index contributed by atoms with van der Waals surface area (Å²) in [5, 5.41) is 5.92. The number of fused-ring (bicyclic) bond motifs is 1. The van der Waals surface area contributed by atoms with Crippen molar-refractivity contribution >= 4 is 39.7 Å². The molecule has 0 spiro atoms. The van der Waals surface area contributed by atoms with E-state index in [9.17, 15) is 4.79 Å². The second kappa shape index (κ2) is 4.51.